The summed E-state index contributed by atoms with van der Waals surface area (Å²) < 4.78 is 15.0. The van der Waals surface area contributed by atoms with Crippen LogP contribution in [0.25, 0.3) is 6.08 Å². The zero-order chi connectivity index (χ0) is 22.5. The molecule has 1 fully saturated rings. The third-order valence-electron chi connectivity index (χ3n) is 6.41. The number of amidine groups is 1. The lowest BCUT2D eigenvalue weighted by atomic mass is 9.80. The van der Waals surface area contributed by atoms with E-state index < -0.39 is 0 Å². The van der Waals surface area contributed by atoms with Crippen LogP contribution in [0, 0.1) is 19.7 Å². The van der Waals surface area contributed by atoms with Gasteiger partial charge in [-0.3, -0.25) is 4.79 Å². The van der Waals surface area contributed by atoms with Gasteiger partial charge in [-0.05, 0) is 98.8 Å². The average molecular weight is 438 g/mol. The molecule has 1 unspecified atom stereocenters. The summed E-state index contributed by atoms with van der Waals surface area (Å²) in [5.74, 6) is -0.266. The molecule has 0 spiro atoms. The van der Waals surface area contributed by atoms with Crippen LogP contribution in [0.1, 0.15) is 55.4 Å². The molecule has 1 N–H and O–H groups in total. The zero-order valence-corrected chi connectivity index (χ0v) is 19.7. The number of halogens is 1. The second kappa shape index (κ2) is 7.83. The van der Waals surface area contributed by atoms with Gasteiger partial charge in [0.2, 0.25) is 0 Å². The van der Waals surface area contributed by atoms with Crippen molar-refractivity contribution >= 4 is 40.3 Å². The molecule has 2 aromatic rings. The van der Waals surface area contributed by atoms with Crippen molar-refractivity contribution in [3.05, 3.63) is 63.3 Å². The molecule has 1 atom stereocenters. The summed E-state index contributed by atoms with van der Waals surface area (Å²) in [6, 6.07) is 9.40. The van der Waals surface area contributed by atoms with Crippen LogP contribution >= 0.6 is 11.8 Å². The molecule has 31 heavy (non-hydrogen) atoms. The predicted octanol–water partition coefficient (Wildman–Crippen LogP) is 6.06. The highest BCUT2D eigenvalue weighted by molar-refractivity contribution is 8.18. The maximum absolute atomic E-state index is 15.0. The molecule has 162 valence electrons. The van der Waals surface area contributed by atoms with E-state index in [0.717, 1.165) is 28.9 Å². The molecular weight excluding hydrogens is 409 g/mol. The Morgan fingerprint density at radius 3 is 2.68 bits per heavy atom. The van der Waals surface area contributed by atoms with Crippen molar-refractivity contribution in [3.63, 3.8) is 0 Å². The SMILES string of the molecule is Cc1ccc(N=C2NC(=O)/C(=C\c3cc4c(cc3F)N(C)C(C)(C)CC4C)S2)cc1C. The first kappa shape index (κ1) is 21.6. The number of aryl methyl sites for hydroxylation is 2. The van der Waals surface area contributed by atoms with E-state index in [1.807, 2.05) is 45.2 Å². The Morgan fingerprint density at radius 1 is 1.23 bits per heavy atom. The molecule has 0 bridgehead atoms. The number of hydrogen-bond donors (Lipinski definition) is 1. The van der Waals surface area contributed by atoms with E-state index >= 15 is 0 Å². The number of thioether (sulfide) groups is 1. The van der Waals surface area contributed by atoms with Crippen molar-refractivity contribution in [2.75, 3.05) is 11.9 Å². The van der Waals surface area contributed by atoms with Crippen LogP contribution in [-0.4, -0.2) is 23.7 Å². The number of nitrogens with one attached hydrogen (secondary N) is 1. The summed E-state index contributed by atoms with van der Waals surface area (Å²) in [6.45, 7) is 10.6. The number of anilines is 1. The Labute approximate surface area is 187 Å². The van der Waals surface area contributed by atoms with Crippen molar-refractivity contribution in [2.45, 2.75) is 52.5 Å². The summed E-state index contributed by atoms with van der Waals surface area (Å²) in [6.07, 6.45) is 2.62. The van der Waals surface area contributed by atoms with Gasteiger partial charge in [0.1, 0.15) is 5.82 Å². The van der Waals surface area contributed by atoms with Crippen molar-refractivity contribution in [2.24, 2.45) is 4.99 Å². The van der Waals surface area contributed by atoms with Gasteiger partial charge >= 0.3 is 0 Å². The maximum atomic E-state index is 15.0. The van der Waals surface area contributed by atoms with Crippen molar-refractivity contribution in [3.8, 4) is 0 Å². The number of hydrogen-bond acceptors (Lipinski definition) is 4. The Bertz CT molecular complexity index is 1140. The number of aliphatic imine (C=N–C) groups is 1. The van der Waals surface area contributed by atoms with Crippen LogP contribution in [0.3, 0.4) is 0 Å². The van der Waals surface area contributed by atoms with Crippen LogP contribution in [0.15, 0.2) is 40.2 Å². The van der Waals surface area contributed by atoms with Gasteiger partial charge in [0.05, 0.1) is 10.6 Å². The molecule has 1 amide bonds. The Balaban J connectivity index is 1.65. The monoisotopic (exact) mass is 437 g/mol. The van der Waals surface area contributed by atoms with Crippen molar-refractivity contribution in [1.82, 2.24) is 5.32 Å². The fourth-order valence-electron chi connectivity index (χ4n) is 4.25. The molecule has 2 heterocycles. The predicted molar refractivity (Wildman–Crippen MR) is 129 cm³/mol. The van der Waals surface area contributed by atoms with E-state index in [2.05, 4.69) is 36.0 Å². The van der Waals surface area contributed by atoms with Gasteiger partial charge in [-0.25, -0.2) is 9.38 Å². The summed E-state index contributed by atoms with van der Waals surface area (Å²) in [5, 5.41) is 3.30. The first-order valence-corrected chi connectivity index (χ1v) is 11.3. The van der Waals surface area contributed by atoms with Gasteiger partial charge in [0, 0.05) is 23.8 Å². The molecule has 2 aliphatic heterocycles. The minimum absolute atomic E-state index is 0.0280. The molecule has 4 rings (SSSR count). The second-order valence-corrected chi connectivity index (χ2v) is 10.2. The second-order valence-electron chi connectivity index (χ2n) is 9.16. The fraction of sp³-hybridized carbons (Fsp3) is 0.360. The van der Waals surface area contributed by atoms with E-state index in [-0.39, 0.29) is 17.3 Å². The Hall–Kier alpha value is -2.60. The van der Waals surface area contributed by atoms with Crippen LogP contribution in [-0.2, 0) is 4.79 Å². The smallest absolute Gasteiger partial charge is 0.264 e. The lowest BCUT2D eigenvalue weighted by Gasteiger charge is -2.45. The van der Waals surface area contributed by atoms with Crippen LogP contribution in [0.5, 0.6) is 0 Å². The summed E-state index contributed by atoms with van der Waals surface area (Å²) in [4.78, 5) is 19.6. The van der Waals surface area contributed by atoms with Crippen molar-refractivity contribution < 1.29 is 9.18 Å². The highest BCUT2D eigenvalue weighted by Crippen LogP contribution is 2.43. The summed E-state index contributed by atoms with van der Waals surface area (Å²) in [7, 11) is 2.01. The number of carbonyl (C=O) groups excluding carboxylic acids is 1. The quantitative estimate of drug-likeness (QED) is 0.581. The first-order valence-electron chi connectivity index (χ1n) is 10.5. The third kappa shape index (κ3) is 4.13. The molecule has 2 aromatic carbocycles. The third-order valence-corrected chi connectivity index (χ3v) is 7.32. The standard InChI is InChI=1S/C25H28FN3OS/c1-14-7-8-18(9-15(14)2)27-24-28-23(30)22(31-24)11-17-10-19-16(3)13-25(4,5)29(6)21(19)12-20(17)26/h7-12,16H,13H2,1-6H3,(H,27,28,30)/b22-11+. The molecule has 0 aromatic heterocycles. The van der Waals surface area contributed by atoms with Crippen LogP contribution in [0.2, 0.25) is 0 Å². The largest absolute Gasteiger partial charge is 0.369 e. The summed E-state index contributed by atoms with van der Waals surface area (Å²) in [5.41, 5.74) is 5.56. The summed E-state index contributed by atoms with van der Waals surface area (Å²) >= 11 is 1.24. The van der Waals surface area contributed by atoms with E-state index in [0.29, 0.717) is 21.6 Å². The Kier molecular flexibility index (Phi) is 5.46. The van der Waals surface area contributed by atoms with Crippen molar-refractivity contribution in [1.29, 1.82) is 0 Å². The topological polar surface area (TPSA) is 44.7 Å². The zero-order valence-electron chi connectivity index (χ0n) is 18.8. The van der Waals surface area contributed by atoms with Crippen LogP contribution < -0.4 is 10.2 Å². The number of nitrogens with zero attached hydrogens (tertiary/aromatic N) is 2. The van der Waals surface area contributed by atoms with E-state index in [9.17, 15) is 9.18 Å². The number of carbonyl (C=O) groups is 1. The lowest BCUT2D eigenvalue weighted by molar-refractivity contribution is -0.115. The molecule has 2 aliphatic rings. The minimum atomic E-state index is -0.323. The van der Waals surface area contributed by atoms with Gasteiger partial charge in [0.15, 0.2) is 5.17 Å². The highest BCUT2D eigenvalue weighted by Gasteiger charge is 2.35. The molecule has 1 saturated heterocycles. The number of fused-ring (bicyclic) bond motifs is 1. The first-order chi connectivity index (χ1) is 14.5. The molecule has 0 aliphatic carbocycles. The van der Waals surface area contributed by atoms with E-state index in [4.69, 9.17) is 0 Å². The number of amides is 1. The van der Waals surface area contributed by atoms with Gasteiger partial charge in [0.25, 0.3) is 5.91 Å². The van der Waals surface area contributed by atoms with E-state index in [1.165, 1.54) is 17.3 Å². The van der Waals surface area contributed by atoms with Gasteiger partial charge in [-0.15, -0.1) is 0 Å². The van der Waals surface area contributed by atoms with Gasteiger partial charge in [-0.1, -0.05) is 13.0 Å². The maximum Gasteiger partial charge on any atom is 0.264 e. The molecule has 0 radical (unpaired) electrons. The van der Waals surface area contributed by atoms with E-state index in [1.54, 1.807) is 12.1 Å². The van der Waals surface area contributed by atoms with Crippen LogP contribution in [0.4, 0.5) is 15.8 Å². The fourth-order valence-corrected chi connectivity index (χ4v) is 5.08. The molecular formula is C25H28FN3OS. The average Bonchev–Trinajstić information content (AvgIpc) is 3.02. The molecule has 6 heteroatoms. The lowest BCUT2D eigenvalue weighted by Crippen LogP contribution is -2.45. The molecule has 0 saturated carbocycles. The van der Waals surface area contributed by atoms with Gasteiger partial charge in [-0.2, -0.15) is 0 Å². The Morgan fingerprint density at radius 2 is 1.97 bits per heavy atom. The normalized spacial score (nSPS) is 22.7. The minimum Gasteiger partial charge on any atom is -0.369 e. The highest BCUT2D eigenvalue weighted by atomic mass is 32.2. The van der Waals surface area contributed by atoms with Gasteiger partial charge < -0.3 is 10.2 Å². The number of benzene rings is 2. The number of rotatable bonds is 2. The molecule has 4 nitrogen and oxygen atoms in total.